The van der Waals surface area contributed by atoms with Crippen LogP contribution in [-0.4, -0.2) is 24.9 Å². The van der Waals surface area contributed by atoms with E-state index in [1.165, 1.54) is 16.4 Å². The molecule has 2 nitrogen and oxygen atoms in total. The Hall–Kier alpha value is -0.880. The minimum Gasteiger partial charge on any atom is -0.344 e. The van der Waals surface area contributed by atoms with Gasteiger partial charge in [-0.2, -0.15) is 0 Å². The summed E-state index contributed by atoms with van der Waals surface area (Å²) in [6.45, 7) is 8.34. The summed E-state index contributed by atoms with van der Waals surface area (Å²) in [5, 5.41) is 2.20. The van der Waals surface area contributed by atoms with Gasteiger partial charge in [-0.1, -0.05) is 8.19 Å². The highest BCUT2D eigenvalue weighted by Gasteiger charge is 2.15. The summed E-state index contributed by atoms with van der Waals surface area (Å²) in [6.07, 6.45) is 0. The molecule has 0 saturated heterocycles. The molecule has 3 heteroatoms. The average Bonchev–Trinajstić information content (AvgIpc) is 2.19. The molecule has 0 radical (unpaired) electrons. The molecule has 1 aromatic heterocycles. The van der Waals surface area contributed by atoms with Gasteiger partial charge in [0.1, 0.15) is 0 Å². The van der Waals surface area contributed by atoms with Crippen molar-refractivity contribution in [2.45, 2.75) is 27.7 Å². The van der Waals surface area contributed by atoms with Crippen LogP contribution in [0.4, 0.5) is 0 Å². The fourth-order valence-electron chi connectivity index (χ4n) is 1.49. The molecular formula is C12H18NOP. The third-order valence-corrected chi connectivity index (χ3v) is 4.33. The van der Waals surface area contributed by atoms with Crippen LogP contribution in [0.5, 0.6) is 0 Å². The zero-order valence-corrected chi connectivity index (χ0v) is 11.2. The topological polar surface area (TPSA) is 20.3 Å². The van der Waals surface area contributed by atoms with Crippen LogP contribution in [0, 0.1) is 27.7 Å². The predicted molar refractivity (Wildman–Crippen MR) is 65.9 cm³/mol. The lowest BCUT2D eigenvalue weighted by atomic mass is 10.1. The molecule has 0 unspecified atom stereocenters. The summed E-state index contributed by atoms with van der Waals surface area (Å²) in [5.41, 5.74) is 3.71. The van der Waals surface area contributed by atoms with Gasteiger partial charge in [-0.25, -0.2) is 0 Å². The van der Waals surface area contributed by atoms with Crippen LogP contribution in [0.2, 0.25) is 0 Å². The van der Waals surface area contributed by atoms with E-state index in [9.17, 15) is 4.79 Å². The van der Waals surface area contributed by atoms with E-state index < -0.39 is 0 Å². The van der Waals surface area contributed by atoms with Gasteiger partial charge in [0.2, 0.25) is 0 Å². The normalized spacial score (nSPS) is 10.8. The maximum atomic E-state index is 11.9. The molecule has 0 aliphatic heterocycles. The second-order valence-corrected chi connectivity index (χ2v) is 5.46. The molecule has 0 bridgehead atoms. The lowest BCUT2D eigenvalue weighted by Crippen LogP contribution is -2.22. The number of rotatable bonds is 1. The molecule has 0 fully saturated rings. The van der Waals surface area contributed by atoms with Crippen LogP contribution in [0.15, 0.2) is 0 Å². The molecule has 1 rings (SSSR count). The monoisotopic (exact) mass is 223 g/mol. The highest BCUT2D eigenvalue weighted by Crippen LogP contribution is 2.30. The van der Waals surface area contributed by atoms with Crippen molar-refractivity contribution in [1.82, 2.24) is 4.90 Å². The highest BCUT2D eigenvalue weighted by molar-refractivity contribution is 7.33. The van der Waals surface area contributed by atoms with Crippen molar-refractivity contribution in [3.05, 3.63) is 27.3 Å². The van der Waals surface area contributed by atoms with Crippen molar-refractivity contribution in [1.29, 1.82) is 0 Å². The molecule has 15 heavy (non-hydrogen) atoms. The molecule has 1 aromatic rings. The first-order valence-corrected chi connectivity index (χ1v) is 5.91. The standard InChI is InChI=1S/C12H18NOP/c1-7-8(2)10(4)15-11(9(7)3)12(14)13(5)6/h1-6H3. The Kier molecular flexibility index (Phi) is 3.51. The zero-order chi connectivity index (χ0) is 11.7. The Morgan fingerprint density at radius 1 is 1.00 bits per heavy atom. The van der Waals surface area contributed by atoms with Crippen molar-refractivity contribution in [2.75, 3.05) is 14.1 Å². The first-order chi connectivity index (χ1) is 6.86. The van der Waals surface area contributed by atoms with Gasteiger partial charge in [0.25, 0.3) is 5.91 Å². The zero-order valence-electron chi connectivity index (χ0n) is 10.3. The van der Waals surface area contributed by atoms with Gasteiger partial charge < -0.3 is 4.90 Å². The second-order valence-electron chi connectivity index (χ2n) is 4.12. The fraction of sp³-hybridized carbons (Fsp3) is 0.500. The fourth-order valence-corrected chi connectivity index (χ4v) is 2.79. The number of nitrogens with zero attached hydrogens (tertiary/aromatic N) is 1. The third-order valence-electron chi connectivity index (χ3n) is 2.91. The Bertz CT molecular complexity index is 411. The van der Waals surface area contributed by atoms with Gasteiger partial charge >= 0.3 is 0 Å². The van der Waals surface area contributed by atoms with Crippen molar-refractivity contribution >= 4 is 14.1 Å². The van der Waals surface area contributed by atoms with Crippen molar-refractivity contribution in [3.8, 4) is 0 Å². The van der Waals surface area contributed by atoms with Crippen LogP contribution in [-0.2, 0) is 0 Å². The summed E-state index contributed by atoms with van der Waals surface area (Å²) >= 11 is 0. The Balaban J connectivity index is 3.39. The van der Waals surface area contributed by atoms with Gasteiger partial charge in [0.15, 0.2) is 0 Å². The number of carbonyl (C=O) groups excluding carboxylic acids is 1. The molecule has 0 N–H and O–H groups in total. The van der Waals surface area contributed by atoms with Gasteiger partial charge in [-0.05, 0) is 49.7 Å². The maximum absolute atomic E-state index is 11.9. The van der Waals surface area contributed by atoms with Crippen molar-refractivity contribution in [3.63, 3.8) is 0 Å². The van der Waals surface area contributed by atoms with Crippen LogP contribution in [0.25, 0.3) is 0 Å². The summed E-state index contributed by atoms with van der Waals surface area (Å²) in [6, 6.07) is 0. The number of hydrogen-bond acceptors (Lipinski definition) is 1. The molecule has 0 saturated carbocycles. The summed E-state index contributed by atoms with van der Waals surface area (Å²) in [7, 11) is 4.66. The molecular weight excluding hydrogens is 205 g/mol. The minimum atomic E-state index is 0.125. The largest absolute Gasteiger partial charge is 0.344 e. The third kappa shape index (κ3) is 2.21. The van der Waals surface area contributed by atoms with E-state index in [0.717, 1.165) is 19.1 Å². The molecule has 0 aromatic carbocycles. The molecule has 0 aliphatic rings. The lowest BCUT2D eigenvalue weighted by Gasteiger charge is -2.16. The summed E-state index contributed by atoms with van der Waals surface area (Å²) in [5.74, 6) is 0.125. The molecule has 0 atom stereocenters. The number of hydrogen-bond donors (Lipinski definition) is 0. The van der Waals surface area contributed by atoms with Gasteiger partial charge in [0, 0.05) is 14.1 Å². The molecule has 0 aliphatic carbocycles. The Morgan fingerprint density at radius 3 is 2.00 bits per heavy atom. The van der Waals surface area contributed by atoms with E-state index >= 15 is 0 Å². The highest BCUT2D eigenvalue weighted by atomic mass is 31.0. The van der Waals surface area contributed by atoms with Crippen LogP contribution >= 0.6 is 8.19 Å². The Morgan fingerprint density at radius 2 is 1.53 bits per heavy atom. The van der Waals surface area contributed by atoms with Crippen LogP contribution in [0.1, 0.15) is 32.1 Å². The second kappa shape index (κ2) is 4.32. The quantitative estimate of drug-likeness (QED) is 0.716. The van der Waals surface area contributed by atoms with E-state index in [0.29, 0.717) is 0 Å². The van der Waals surface area contributed by atoms with Gasteiger partial charge in [-0.3, -0.25) is 4.79 Å². The van der Waals surface area contributed by atoms with E-state index in [2.05, 4.69) is 20.8 Å². The Labute approximate surface area is 93.4 Å². The summed E-state index contributed by atoms with van der Waals surface area (Å²) < 4.78 is 0. The molecule has 1 amide bonds. The van der Waals surface area contributed by atoms with E-state index in [4.69, 9.17) is 0 Å². The molecule has 0 spiro atoms. The number of carbonyl (C=O) groups is 1. The predicted octanol–water partition coefficient (Wildman–Crippen LogP) is 3.20. The smallest absolute Gasteiger partial charge is 0.258 e. The van der Waals surface area contributed by atoms with Crippen molar-refractivity contribution < 1.29 is 4.79 Å². The van der Waals surface area contributed by atoms with Gasteiger partial charge in [0.05, 0.1) is 5.30 Å². The first kappa shape index (κ1) is 12.2. The van der Waals surface area contributed by atoms with E-state index in [1.807, 2.05) is 6.92 Å². The van der Waals surface area contributed by atoms with Gasteiger partial charge in [-0.15, -0.1) is 0 Å². The van der Waals surface area contributed by atoms with E-state index in [1.54, 1.807) is 19.0 Å². The summed E-state index contributed by atoms with van der Waals surface area (Å²) in [4.78, 5) is 13.6. The van der Waals surface area contributed by atoms with E-state index in [-0.39, 0.29) is 5.91 Å². The van der Waals surface area contributed by atoms with Crippen molar-refractivity contribution in [2.24, 2.45) is 0 Å². The van der Waals surface area contributed by atoms with Crippen LogP contribution < -0.4 is 0 Å². The molecule has 1 heterocycles. The lowest BCUT2D eigenvalue weighted by molar-refractivity contribution is 0.0831. The SMILES string of the molecule is Cc1pc(C(=O)N(C)C)c(C)c(C)c1C. The molecule has 82 valence electrons. The van der Waals surface area contributed by atoms with Crippen LogP contribution in [0.3, 0.4) is 0 Å². The average molecular weight is 223 g/mol. The maximum Gasteiger partial charge on any atom is 0.258 e. The first-order valence-electron chi connectivity index (χ1n) is 5.02. The minimum absolute atomic E-state index is 0.125. The number of aryl methyl sites for hydroxylation is 1. The number of amides is 1.